The third kappa shape index (κ3) is 3.17. The van der Waals surface area contributed by atoms with Crippen LogP contribution in [0.15, 0.2) is 28.7 Å². The van der Waals surface area contributed by atoms with Gasteiger partial charge in [0.25, 0.3) is 0 Å². The molecule has 17 heavy (non-hydrogen) atoms. The van der Waals surface area contributed by atoms with Gasteiger partial charge in [0.2, 0.25) is 0 Å². The van der Waals surface area contributed by atoms with E-state index in [1.54, 1.807) is 0 Å². The second-order valence-corrected chi connectivity index (χ2v) is 5.64. The number of nitrogens with two attached hydrogens (primary N) is 1. The minimum absolute atomic E-state index is 0.0656. The third-order valence-corrected chi connectivity index (χ3v) is 4.33. The van der Waals surface area contributed by atoms with Crippen LogP contribution in [0.1, 0.15) is 31.2 Å². The monoisotopic (exact) mass is 295 g/mol. The predicted molar refractivity (Wildman–Crippen MR) is 72.8 cm³/mol. The van der Waals surface area contributed by atoms with Crippen LogP contribution in [-0.4, -0.2) is 11.8 Å². The minimum Gasteiger partial charge on any atom is -0.327 e. The first-order valence-electron chi connectivity index (χ1n) is 6.20. The molecule has 1 aromatic carbocycles. The number of benzene rings is 1. The summed E-state index contributed by atoms with van der Waals surface area (Å²) in [5.41, 5.74) is 7.10. The Morgan fingerprint density at radius 3 is 2.71 bits per heavy atom. The van der Waals surface area contributed by atoms with Crippen LogP contribution in [0.3, 0.4) is 0 Å². The number of Topliss-reactive ketones (excluding diaryl/α,β-unsaturated/α-hetero) is 1. The van der Waals surface area contributed by atoms with Crippen molar-refractivity contribution in [3.63, 3.8) is 0 Å². The van der Waals surface area contributed by atoms with Crippen molar-refractivity contribution >= 4 is 21.7 Å². The molecule has 2 N–H and O–H groups in total. The van der Waals surface area contributed by atoms with Crippen LogP contribution in [0.2, 0.25) is 0 Å². The summed E-state index contributed by atoms with van der Waals surface area (Å²) < 4.78 is 1.01. The summed E-state index contributed by atoms with van der Waals surface area (Å²) in [7, 11) is 0. The van der Waals surface area contributed by atoms with Crippen molar-refractivity contribution in [1.29, 1.82) is 0 Å². The number of hydrogen-bond acceptors (Lipinski definition) is 2. The van der Waals surface area contributed by atoms with E-state index in [4.69, 9.17) is 5.73 Å². The molecule has 1 aliphatic rings. The van der Waals surface area contributed by atoms with E-state index in [1.165, 1.54) is 6.42 Å². The van der Waals surface area contributed by atoms with Crippen molar-refractivity contribution in [1.82, 2.24) is 0 Å². The first-order valence-corrected chi connectivity index (χ1v) is 6.99. The molecule has 1 aromatic rings. The Hall–Kier alpha value is -0.670. The maximum absolute atomic E-state index is 12.2. The van der Waals surface area contributed by atoms with Crippen LogP contribution in [0.25, 0.3) is 0 Å². The number of carbonyl (C=O) groups excluding carboxylic acids is 1. The van der Waals surface area contributed by atoms with Gasteiger partial charge in [-0.15, -0.1) is 0 Å². The lowest BCUT2D eigenvalue weighted by Gasteiger charge is -2.27. The molecule has 92 valence electrons. The molecule has 1 saturated carbocycles. The zero-order valence-corrected chi connectivity index (χ0v) is 11.4. The first-order chi connectivity index (χ1) is 8.18. The van der Waals surface area contributed by atoms with Gasteiger partial charge in [0.15, 0.2) is 0 Å². The molecule has 0 aliphatic heterocycles. The van der Waals surface area contributed by atoms with Crippen molar-refractivity contribution in [2.24, 2.45) is 11.7 Å². The molecule has 2 atom stereocenters. The Labute approximate surface area is 111 Å². The fourth-order valence-corrected chi connectivity index (χ4v) is 2.94. The highest BCUT2D eigenvalue weighted by molar-refractivity contribution is 9.10. The molecular formula is C14H18BrNO. The van der Waals surface area contributed by atoms with Crippen LogP contribution in [0, 0.1) is 5.92 Å². The minimum atomic E-state index is 0.0656. The van der Waals surface area contributed by atoms with E-state index in [9.17, 15) is 4.79 Å². The quantitative estimate of drug-likeness (QED) is 0.931. The number of hydrogen-bond donors (Lipinski definition) is 1. The van der Waals surface area contributed by atoms with E-state index in [2.05, 4.69) is 15.9 Å². The van der Waals surface area contributed by atoms with Crippen molar-refractivity contribution in [3.05, 3.63) is 34.3 Å². The molecule has 0 radical (unpaired) electrons. The van der Waals surface area contributed by atoms with Crippen LogP contribution in [-0.2, 0) is 11.2 Å². The van der Waals surface area contributed by atoms with E-state index < -0.39 is 0 Å². The number of halogens is 1. The molecular weight excluding hydrogens is 278 g/mol. The van der Waals surface area contributed by atoms with Gasteiger partial charge < -0.3 is 5.73 Å². The van der Waals surface area contributed by atoms with Crippen LogP contribution in [0.5, 0.6) is 0 Å². The predicted octanol–water partition coefficient (Wildman–Crippen LogP) is 3.08. The maximum atomic E-state index is 12.2. The number of rotatable bonds is 3. The topological polar surface area (TPSA) is 43.1 Å². The second-order valence-electron chi connectivity index (χ2n) is 4.79. The maximum Gasteiger partial charge on any atom is 0.141 e. The zero-order chi connectivity index (χ0) is 12.3. The Kier molecular flexibility index (Phi) is 4.35. The molecule has 0 saturated heterocycles. The largest absolute Gasteiger partial charge is 0.327 e. The van der Waals surface area contributed by atoms with Gasteiger partial charge in [0.05, 0.1) is 0 Å². The van der Waals surface area contributed by atoms with Crippen molar-refractivity contribution in [2.75, 3.05) is 0 Å². The van der Waals surface area contributed by atoms with Crippen LogP contribution < -0.4 is 5.73 Å². The van der Waals surface area contributed by atoms with Gasteiger partial charge in [-0.25, -0.2) is 0 Å². The van der Waals surface area contributed by atoms with Gasteiger partial charge in [0.1, 0.15) is 5.78 Å². The van der Waals surface area contributed by atoms with Crippen molar-refractivity contribution < 1.29 is 4.79 Å². The summed E-state index contributed by atoms with van der Waals surface area (Å²) in [5, 5.41) is 0. The second kappa shape index (κ2) is 5.78. The van der Waals surface area contributed by atoms with Crippen LogP contribution in [0.4, 0.5) is 0 Å². The normalized spacial score (nSPS) is 24.6. The average molecular weight is 296 g/mol. The SMILES string of the molecule is NC1CCCCC1C(=O)Cc1ccccc1Br. The molecule has 0 bridgehead atoms. The summed E-state index contributed by atoms with van der Waals surface area (Å²) in [4.78, 5) is 12.2. The van der Waals surface area contributed by atoms with Crippen LogP contribution >= 0.6 is 15.9 Å². The molecule has 0 aromatic heterocycles. The van der Waals surface area contributed by atoms with E-state index in [-0.39, 0.29) is 12.0 Å². The molecule has 2 unspecified atom stereocenters. The van der Waals surface area contributed by atoms with E-state index in [1.807, 2.05) is 24.3 Å². The summed E-state index contributed by atoms with van der Waals surface area (Å²) >= 11 is 3.48. The van der Waals surface area contributed by atoms with Crippen molar-refractivity contribution in [3.8, 4) is 0 Å². The molecule has 3 heteroatoms. The molecule has 0 spiro atoms. The number of carbonyl (C=O) groups is 1. The lowest BCUT2D eigenvalue weighted by molar-refractivity contribution is -0.123. The lowest BCUT2D eigenvalue weighted by atomic mass is 9.81. The van der Waals surface area contributed by atoms with Crippen molar-refractivity contribution in [2.45, 2.75) is 38.1 Å². The van der Waals surface area contributed by atoms with Gasteiger partial charge in [0, 0.05) is 22.9 Å². The third-order valence-electron chi connectivity index (χ3n) is 3.56. The Bertz CT molecular complexity index is 405. The number of ketones is 1. The average Bonchev–Trinajstić information content (AvgIpc) is 2.32. The summed E-state index contributed by atoms with van der Waals surface area (Å²) in [5.74, 6) is 0.361. The van der Waals surface area contributed by atoms with Gasteiger partial charge in [-0.05, 0) is 24.5 Å². The zero-order valence-electron chi connectivity index (χ0n) is 9.86. The van der Waals surface area contributed by atoms with E-state index in [0.717, 1.165) is 29.3 Å². The fraction of sp³-hybridized carbons (Fsp3) is 0.500. The van der Waals surface area contributed by atoms with Gasteiger partial charge in [-0.1, -0.05) is 47.0 Å². The lowest BCUT2D eigenvalue weighted by Crippen LogP contribution is -2.38. The molecule has 0 heterocycles. The Balaban J connectivity index is 2.03. The molecule has 1 fully saturated rings. The summed E-state index contributed by atoms with van der Waals surface area (Å²) in [6.07, 6.45) is 4.76. The molecule has 2 nitrogen and oxygen atoms in total. The Morgan fingerprint density at radius 1 is 1.29 bits per heavy atom. The van der Waals surface area contributed by atoms with E-state index >= 15 is 0 Å². The fourth-order valence-electron chi connectivity index (χ4n) is 2.52. The highest BCUT2D eigenvalue weighted by atomic mass is 79.9. The van der Waals surface area contributed by atoms with E-state index in [0.29, 0.717) is 12.2 Å². The molecule has 1 aliphatic carbocycles. The summed E-state index contributed by atoms with van der Waals surface area (Å²) in [6, 6.07) is 7.97. The highest BCUT2D eigenvalue weighted by Crippen LogP contribution is 2.26. The smallest absolute Gasteiger partial charge is 0.141 e. The molecule has 2 rings (SSSR count). The standard InChI is InChI=1S/C14H18BrNO/c15-12-7-3-1-5-10(12)9-14(17)11-6-2-4-8-13(11)16/h1,3,5,7,11,13H,2,4,6,8-9,16H2. The highest BCUT2D eigenvalue weighted by Gasteiger charge is 2.28. The van der Waals surface area contributed by atoms with Gasteiger partial charge in [-0.3, -0.25) is 4.79 Å². The summed E-state index contributed by atoms with van der Waals surface area (Å²) in [6.45, 7) is 0. The molecule has 0 amide bonds. The first kappa shape index (κ1) is 12.8. The van der Waals surface area contributed by atoms with Gasteiger partial charge in [-0.2, -0.15) is 0 Å². The van der Waals surface area contributed by atoms with Gasteiger partial charge >= 0.3 is 0 Å². The Morgan fingerprint density at radius 2 is 2.00 bits per heavy atom.